The Morgan fingerprint density at radius 2 is 2.00 bits per heavy atom. The first-order valence-electron chi connectivity index (χ1n) is 6.97. The van der Waals surface area contributed by atoms with Gasteiger partial charge < -0.3 is 5.11 Å². The van der Waals surface area contributed by atoms with Gasteiger partial charge in [0.2, 0.25) is 10.0 Å². The van der Waals surface area contributed by atoms with Gasteiger partial charge >= 0.3 is 5.97 Å². The van der Waals surface area contributed by atoms with E-state index in [9.17, 15) is 18.3 Å². The molecule has 3 atom stereocenters. The molecule has 2 aliphatic rings. The third-order valence-corrected chi connectivity index (χ3v) is 7.09. The first-order chi connectivity index (χ1) is 10.3. The van der Waals surface area contributed by atoms with E-state index < -0.39 is 28.0 Å². The quantitative estimate of drug-likeness (QED) is 0.892. The molecule has 3 unspecified atom stereocenters. The van der Waals surface area contributed by atoms with Gasteiger partial charge in [-0.15, -0.1) is 0 Å². The standard InChI is InChI=1S/C14H15Cl2NO4S/c15-11-3-1-8(5-12(11)16)7-22(20,21)17-9-2-4-13(17)10(6-9)14(18)19/h1,3,5,9-10,13H,2,4,6-7H2,(H,18,19). The summed E-state index contributed by atoms with van der Waals surface area (Å²) in [5.74, 6) is -1.70. The minimum atomic E-state index is -3.58. The molecule has 0 amide bonds. The van der Waals surface area contributed by atoms with E-state index in [1.165, 1.54) is 10.4 Å². The zero-order chi connectivity index (χ0) is 16.1. The number of hydrogen-bond donors (Lipinski definition) is 1. The Morgan fingerprint density at radius 1 is 1.27 bits per heavy atom. The largest absolute Gasteiger partial charge is 0.481 e. The Bertz CT molecular complexity index is 722. The minimum absolute atomic E-state index is 0.191. The molecule has 0 radical (unpaired) electrons. The van der Waals surface area contributed by atoms with Gasteiger partial charge in [0, 0.05) is 12.1 Å². The summed E-state index contributed by atoms with van der Waals surface area (Å²) in [5.41, 5.74) is 0.549. The lowest BCUT2D eigenvalue weighted by molar-refractivity contribution is -0.142. The molecule has 2 saturated heterocycles. The van der Waals surface area contributed by atoms with Crippen LogP contribution in [0.4, 0.5) is 0 Å². The van der Waals surface area contributed by atoms with Crippen molar-refractivity contribution in [2.45, 2.75) is 37.1 Å². The molecule has 0 spiro atoms. The summed E-state index contributed by atoms with van der Waals surface area (Å²) in [6.45, 7) is 0. The lowest BCUT2D eigenvalue weighted by atomic mass is 9.89. The van der Waals surface area contributed by atoms with Crippen molar-refractivity contribution in [3.05, 3.63) is 33.8 Å². The highest BCUT2D eigenvalue weighted by atomic mass is 35.5. The van der Waals surface area contributed by atoms with E-state index in [1.807, 2.05) is 0 Å². The lowest BCUT2D eigenvalue weighted by Gasteiger charge is -2.22. The van der Waals surface area contributed by atoms with E-state index in [0.29, 0.717) is 28.5 Å². The van der Waals surface area contributed by atoms with Crippen LogP contribution in [0.3, 0.4) is 0 Å². The normalized spacial score (nSPS) is 28.2. The van der Waals surface area contributed by atoms with E-state index in [0.717, 1.165) is 6.42 Å². The van der Waals surface area contributed by atoms with E-state index >= 15 is 0 Å². The lowest BCUT2D eigenvalue weighted by Crippen LogP contribution is -2.38. The van der Waals surface area contributed by atoms with E-state index in [1.54, 1.807) is 12.1 Å². The third-order valence-electron chi connectivity index (χ3n) is 4.44. The van der Waals surface area contributed by atoms with Crippen LogP contribution in [0.5, 0.6) is 0 Å². The number of hydrogen-bond acceptors (Lipinski definition) is 3. The van der Waals surface area contributed by atoms with Crippen molar-refractivity contribution in [1.29, 1.82) is 0 Å². The molecule has 22 heavy (non-hydrogen) atoms. The second-order valence-electron chi connectivity index (χ2n) is 5.81. The van der Waals surface area contributed by atoms with Gasteiger partial charge in [0.15, 0.2) is 0 Å². The average Bonchev–Trinajstić information content (AvgIpc) is 3.01. The summed E-state index contributed by atoms with van der Waals surface area (Å²) in [6.07, 6.45) is 1.75. The summed E-state index contributed by atoms with van der Waals surface area (Å²) >= 11 is 11.8. The molecule has 8 heteroatoms. The van der Waals surface area contributed by atoms with Gasteiger partial charge in [-0.1, -0.05) is 29.3 Å². The van der Waals surface area contributed by atoms with Crippen LogP contribution >= 0.6 is 23.2 Å². The summed E-state index contributed by atoms with van der Waals surface area (Å²) in [4.78, 5) is 11.3. The topological polar surface area (TPSA) is 74.7 Å². The van der Waals surface area contributed by atoms with Crippen LogP contribution in [0.15, 0.2) is 18.2 Å². The molecule has 2 heterocycles. The van der Waals surface area contributed by atoms with Crippen molar-refractivity contribution in [2.24, 2.45) is 5.92 Å². The third kappa shape index (κ3) is 2.73. The Labute approximate surface area is 138 Å². The molecule has 1 aromatic rings. The second-order valence-corrected chi connectivity index (χ2v) is 8.50. The highest BCUT2D eigenvalue weighted by molar-refractivity contribution is 7.88. The molecule has 0 saturated carbocycles. The number of benzene rings is 1. The molecular formula is C14H15Cl2NO4S. The van der Waals surface area contributed by atoms with Crippen molar-refractivity contribution in [2.75, 3.05) is 0 Å². The maximum absolute atomic E-state index is 12.7. The van der Waals surface area contributed by atoms with E-state index in [2.05, 4.69) is 0 Å². The van der Waals surface area contributed by atoms with Crippen LogP contribution in [0.25, 0.3) is 0 Å². The molecule has 2 fully saturated rings. The number of halogens is 2. The zero-order valence-electron chi connectivity index (χ0n) is 11.6. The molecule has 0 aromatic heterocycles. The number of carbonyl (C=O) groups is 1. The Balaban J connectivity index is 1.84. The predicted molar refractivity (Wildman–Crippen MR) is 83.5 cm³/mol. The number of carboxylic acids is 1. The summed E-state index contributed by atoms with van der Waals surface area (Å²) in [6, 6.07) is 4.11. The minimum Gasteiger partial charge on any atom is -0.481 e. The molecule has 2 aliphatic heterocycles. The SMILES string of the molecule is O=C(O)C1CC2CCC1N2S(=O)(=O)Cc1ccc(Cl)c(Cl)c1. The number of sulfonamides is 1. The highest BCUT2D eigenvalue weighted by Gasteiger charge is 2.53. The first kappa shape index (κ1) is 16.1. The fraction of sp³-hybridized carbons (Fsp3) is 0.500. The highest BCUT2D eigenvalue weighted by Crippen LogP contribution is 2.44. The van der Waals surface area contributed by atoms with Crippen molar-refractivity contribution in [3.63, 3.8) is 0 Å². The van der Waals surface area contributed by atoms with Gasteiger partial charge in [0.1, 0.15) is 0 Å². The Morgan fingerprint density at radius 3 is 2.59 bits per heavy atom. The smallest absolute Gasteiger partial charge is 0.308 e. The molecular weight excluding hydrogens is 349 g/mol. The number of aliphatic carboxylic acids is 1. The maximum Gasteiger partial charge on any atom is 0.308 e. The fourth-order valence-corrected chi connectivity index (χ4v) is 5.93. The molecule has 1 N–H and O–H groups in total. The van der Waals surface area contributed by atoms with Crippen LogP contribution in [0.2, 0.25) is 10.0 Å². The number of nitrogens with zero attached hydrogens (tertiary/aromatic N) is 1. The van der Waals surface area contributed by atoms with Crippen molar-refractivity contribution >= 4 is 39.2 Å². The predicted octanol–water partition coefficient (Wildman–Crippen LogP) is 2.76. The van der Waals surface area contributed by atoms with Crippen molar-refractivity contribution in [3.8, 4) is 0 Å². The van der Waals surface area contributed by atoms with Gasteiger partial charge in [-0.25, -0.2) is 8.42 Å². The van der Waals surface area contributed by atoms with Crippen LogP contribution in [-0.4, -0.2) is 35.9 Å². The van der Waals surface area contributed by atoms with Crippen LogP contribution in [0, 0.1) is 5.92 Å². The van der Waals surface area contributed by atoms with Crippen LogP contribution in [-0.2, 0) is 20.6 Å². The van der Waals surface area contributed by atoms with Gasteiger partial charge in [0.25, 0.3) is 0 Å². The summed E-state index contributed by atoms with van der Waals surface area (Å²) < 4.78 is 26.8. The zero-order valence-corrected chi connectivity index (χ0v) is 13.9. The molecule has 3 rings (SSSR count). The second kappa shape index (κ2) is 5.67. The van der Waals surface area contributed by atoms with Crippen molar-refractivity contribution < 1.29 is 18.3 Å². The van der Waals surface area contributed by atoms with Gasteiger partial charge in [-0.2, -0.15) is 4.31 Å². The van der Waals surface area contributed by atoms with E-state index in [4.69, 9.17) is 23.2 Å². The van der Waals surface area contributed by atoms with E-state index in [-0.39, 0.29) is 11.8 Å². The molecule has 120 valence electrons. The first-order valence-corrected chi connectivity index (χ1v) is 9.34. The Kier molecular flexibility index (Phi) is 4.14. The molecule has 5 nitrogen and oxygen atoms in total. The van der Waals surface area contributed by atoms with Gasteiger partial charge in [0.05, 0.1) is 21.7 Å². The number of carboxylic acid groups (broad SMARTS) is 1. The van der Waals surface area contributed by atoms with Gasteiger partial charge in [-0.05, 0) is 37.0 Å². The van der Waals surface area contributed by atoms with Crippen LogP contribution < -0.4 is 0 Å². The van der Waals surface area contributed by atoms with Gasteiger partial charge in [-0.3, -0.25) is 4.79 Å². The number of rotatable bonds is 4. The molecule has 2 bridgehead atoms. The van der Waals surface area contributed by atoms with Crippen molar-refractivity contribution in [1.82, 2.24) is 4.31 Å². The van der Waals surface area contributed by atoms with Crippen LogP contribution in [0.1, 0.15) is 24.8 Å². The summed E-state index contributed by atoms with van der Waals surface area (Å²) in [5, 5.41) is 9.90. The average molecular weight is 364 g/mol. The Hall–Kier alpha value is -0.820. The summed E-state index contributed by atoms with van der Waals surface area (Å²) in [7, 11) is -3.58. The molecule has 0 aliphatic carbocycles. The monoisotopic (exact) mass is 363 g/mol. The maximum atomic E-state index is 12.7. The fourth-order valence-electron chi connectivity index (χ4n) is 3.55. The number of fused-ring (bicyclic) bond motifs is 2. The molecule has 1 aromatic carbocycles.